The second-order valence-corrected chi connectivity index (χ2v) is 4.72. The Bertz CT molecular complexity index is 541. The summed E-state index contributed by atoms with van der Waals surface area (Å²) in [6, 6.07) is 3.39. The maximum atomic E-state index is 13.5. The van der Waals surface area contributed by atoms with Gasteiger partial charge in [-0.1, -0.05) is 0 Å². The zero-order chi connectivity index (χ0) is 14.8. The Balaban J connectivity index is 2.12. The average Bonchev–Trinajstić information content (AvgIpc) is 2.39. The number of carbonyl (C=O) groups is 2. The van der Waals surface area contributed by atoms with E-state index in [1.807, 2.05) is 0 Å². The highest BCUT2D eigenvalue weighted by Crippen LogP contribution is 2.21. The first-order chi connectivity index (χ1) is 9.42. The molecule has 0 bridgehead atoms. The lowest BCUT2D eigenvalue weighted by Gasteiger charge is -2.31. The number of carboxylic acid groups (broad SMARTS) is 1. The minimum absolute atomic E-state index is 0.175. The van der Waals surface area contributed by atoms with Crippen molar-refractivity contribution in [3.8, 4) is 0 Å². The van der Waals surface area contributed by atoms with Crippen LogP contribution in [-0.4, -0.2) is 35.7 Å². The van der Waals surface area contributed by atoms with Gasteiger partial charge in [-0.15, -0.1) is 0 Å². The number of amides is 1. The molecule has 0 atom stereocenters. The van der Waals surface area contributed by atoms with Gasteiger partial charge in [-0.2, -0.15) is 0 Å². The molecule has 0 unspecified atom stereocenters. The van der Waals surface area contributed by atoms with E-state index in [1.165, 1.54) is 6.07 Å². The number of anilines is 1. The van der Waals surface area contributed by atoms with Crippen molar-refractivity contribution in [2.75, 3.05) is 18.5 Å². The van der Waals surface area contributed by atoms with E-state index in [1.54, 1.807) is 0 Å². The summed E-state index contributed by atoms with van der Waals surface area (Å²) in [6.07, 6.45) is 0.767. The van der Waals surface area contributed by atoms with Gasteiger partial charge in [0.2, 0.25) is 5.91 Å². The molecule has 20 heavy (non-hydrogen) atoms. The van der Waals surface area contributed by atoms with Crippen molar-refractivity contribution in [3.63, 3.8) is 0 Å². The van der Waals surface area contributed by atoms with Gasteiger partial charge in [0.1, 0.15) is 11.4 Å². The molecule has 4 N–H and O–H groups in total. The fourth-order valence-electron chi connectivity index (χ4n) is 1.98. The Morgan fingerprint density at radius 3 is 2.55 bits per heavy atom. The smallest absolute Gasteiger partial charge is 0.338 e. The van der Waals surface area contributed by atoms with Gasteiger partial charge in [0.25, 0.3) is 0 Å². The molecule has 1 aliphatic heterocycles. The van der Waals surface area contributed by atoms with Crippen LogP contribution in [0.5, 0.6) is 0 Å². The summed E-state index contributed by atoms with van der Waals surface area (Å²) in [5.41, 5.74) is 4.67. The predicted octanol–water partition coefficient (Wildman–Crippen LogP) is 0.970. The first-order valence-corrected chi connectivity index (χ1v) is 6.13. The topological polar surface area (TPSA) is 102 Å². The number of hydrogen-bond acceptors (Lipinski definition) is 4. The summed E-state index contributed by atoms with van der Waals surface area (Å²) < 4.78 is 18.6. The lowest BCUT2D eigenvalue weighted by Crippen LogP contribution is -2.54. The number of carbonyl (C=O) groups excluding carboxylic acids is 1. The van der Waals surface area contributed by atoms with Gasteiger partial charge in [-0.25, -0.2) is 9.18 Å². The lowest BCUT2D eigenvalue weighted by atomic mass is 9.90. The number of halogens is 1. The largest absolute Gasteiger partial charge is 0.478 e. The predicted molar refractivity (Wildman–Crippen MR) is 69.0 cm³/mol. The lowest BCUT2D eigenvalue weighted by molar-refractivity contribution is -0.124. The fourth-order valence-corrected chi connectivity index (χ4v) is 1.98. The molecule has 108 valence electrons. The zero-order valence-corrected chi connectivity index (χ0v) is 10.7. The monoisotopic (exact) mass is 282 g/mol. The number of ether oxygens (including phenoxy) is 1. The van der Waals surface area contributed by atoms with Crippen LogP contribution in [0, 0.1) is 5.82 Å². The van der Waals surface area contributed by atoms with Crippen LogP contribution >= 0.6 is 0 Å². The Morgan fingerprint density at radius 2 is 2.00 bits per heavy atom. The highest BCUT2D eigenvalue weighted by atomic mass is 19.1. The van der Waals surface area contributed by atoms with E-state index >= 15 is 0 Å². The second kappa shape index (κ2) is 5.56. The van der Waals surface area contributed by atoms with E-state index in [0.717, 1.165) is 12.1 Å². The van der Waals surface area contributed by atoms with Crippen LogP contribution in [0.4, 0.5) is 10.1 Å². The van der Waals surface area contributed by atoms with Crippen LogP contribution in [0.15, 0.2) is 18.2 Å². The molecule has 1 amide bonds. The zero-order valence-electron chi connectivity index (χ0n) is 10.7. The van der Waals surface area contributed by atoms with Crippen molar-refractivity contribution in [1.82, 2.24) is 0 Å². The van der Waals surface area contributed by atoms with Crippen molar-refractivity contribution >= 4 is 17.6 Å². The van der Waals surface area contributed by atoms with Gasteiger partial charge in [-0.05, 0) is 31.0 Å². The van der Waals surface area contributed by atoms with Gasteiger partial charge in [0, 0.05) is 18.9 Å². The van der Waals surface area contributed by atoms with Crippen molar-refractivity contribution in [2.45, 2.75) is 18.4 Å². The number of nitrogens with two attached hydrogens (primary N) is 1. The Hall–Kier alpha value is -1.99. The molecule has 2 rings (SSSR count). The molecule has 0 spiro atoms. The van der Waals surface area contributed by atoms with E-state index in [-0.39, 0.29) is 5.69 Å². The molecule has 1 fully saturated rings. The maximum Gasteiger partial charge on any atom is 0.338 e. The van der Waals surface area contributed by atoms with Crippen molar-refractivity contribution in [2.24, 2.45) is 5.73 Å². The molecule has 6 nitrogen and oxygen atoms in total. The van der Waals surface area contributed by atoms with Crippen LogP contribution in [-0.2, 0) is 9.53 Å². The van der Waals surface area contributed by atoms with Crippen LogP contribution in [0.25, 0.3) is 0 Å². The number of carboxylic acids is 1. The summed E-state index contributed by atoms with van der Waals surface area (Å²) in [5.74, 6) is -2.70. The van der Waals surface area contributed by atoms with Crippen LogP contribution in [0.2, 0.25) is 0 Å². The van der Waals surface area contributed by atoms with Crippen molar-refractivity contribution in [1.29, 1.82) is 0 Å². The SMILES string of the molecule is NC1(C(=O)Nc2ccc(C(=O)O)c(F)c2)CCOCC1. The number of benzene rings is 1. The van der Waals surface area contributed by atoms with Gasteiger partial charge in [0.05, 0.1) is 5.56 Å². The van der Waals surface area contributed by atoms with Gasteiger partial charge >= 0.3 is 5.97 Å². The Morgan fingerprint density at radius 1 is 1.35 bits per heavy atom. The standard InChI is InChI=1S/C13H15FN2O4/c14-10-7-8(1-2-9(10)11(17)18)16-12(19)13(15)3-5-20-6-4-13/h1-2,7H,3-6,15H2,(H,16,19)(H,17,18). The molecule has 0 aromatic heterocycles. The molecule has 1 heterocycles. The van der Waals surface area contributed by atoms with Gasteiger partial charge < -0.3 is 20.9 Å². The Kier molecular flexibility index (Phi) is 4.01. The number of rotatable bonds is 3. The third-order valence-electron chi connectivity index (χ3n) is 3.29. The van der Waals surface area contributed by atoms with E-state index in [2.05, 4.69) is 5.32 Å². The quantitative estimate of drug-likeness (QED) is 0.766. The summed E-state index contributed by atoms with van der Waals surface area (Å²) in [4.78, 5) is 22.8. The third kappa shape index (κ3) is 2.94. The average molecular weight is 282 g/mol. The Labute approximate surface area is 114 Å². The molecule has 1 saturated heterocycles. The fraction of sp³-hybridized carbons (Fsp3) is 0.385. The molecule has 0 aliphatic carbocycles. The minimum Gasteiger partial charge on any atom is -0.478 e. The number of aromatic carboxylic acids is 1. The highest BCUT2D eigenvalue weighted by molar-refractivity contribution is 5.98. The highest BCUT2D eigenvalue weighted by Gasteiger charge is 2.36. The summed E-state index contributed by atoms with van der Waals surface area (Å²) in [7, 11) is 0. The van der Waals surface area contributed by atoms with Crippen LogP contribution in [0.1, 0.15) is 23.2 Å². The molecule has 1 aliphatic rings. The molecule has 0 saturated carbocycles. The van der Waals surface area contributed by atoms with Crippen molar-refractivity contribution < 1.29 is 23.8 Å². The van der Waals surface area contributed by atoms with Crippen LogP contribution < -0.4 is 11.1 Å². The summed E-state index contributed by atoms with van der Waals surface area (Å²) in [5, 5.41) is 11.2. The van der Waals surface area contributed by atoms with E-state index in [9.17, 15) is 14.0 Å². The molecule has 1 aromatic carbocycles. The first kappa shape index (κ1) is 14.4. The normalized spacial score (nSPS) is 17.5. The van der Waals surface area contributed by atoms with E-state index in [0.29, 0.717) is 26.1 Å². The molecule has 1 aromatic rings. The maximum absolute atomic E-state index is 13.5. The van der Waals surface area contributed by atoms with E-state index in [4.69, 9.17) is 15.6 Å². The molecular weight excluding hydrogens is 267 g/mol. The molecular formula is C13H15FN2O4. The van der Waals surface area contributed by atoms with Crippen LogP contribution in [0.3, 0.4) is 0 Å². The summed E-state index contributed by atoms with van der Waals surface area (Å²) >= 11 is 0. The summed E-state index contributed by atoms with van der Waals surface area (Å²) in [6.45, 7) is 0.798. The van der Waals surface area contributed by atoms with Gasteiger partial charge in [-0.3, -0.25) is 4.79 Å². The third-order valence-corrected chi connectivity index (χ3v) is 3.29. The molecule has 7 heteroatoms. The van der Waals surface area contributed by atoms with E-state index < -0.39 is 28.8 Å². The van der Waals surface area contributed by atoms with Gasteiger partial charge in [0.15, 0.2) is 0 Å². The molecule has 0 radical (unpaired) electrons. The number of nitrogens with one attached hydrogen (secondary N) is 1. The first-order valence-electron chi connectivity index (χ1n) is 6.13. The van der Waals surface area contributed by atoms with Crippen molar-refractivity contribution in [3.05, 3.63) is 29.6 Å². The minimum atomic E-state index is -1.36. The number of hydrogen-bond donors (Lipinski definition) is 3. The second-order valence-electron chi connectivity index (χ2n) is 4.72.